The highest BCUT2D eigenvalue weighted by molar-refractivity contribution is 5.92. The molecule has 5 nitrogen and oxygen atoms in total. The Kier molecular flexibility index (Phi) is 6.25. The molecule has 1 aromatic carbocycles. The molecule has 1 aliphatic heterocycles. The Morgan fingerprint density at radius 1 is 1.00 bits per heavy atom. The molecular formula is C20H28FN3O2. The lowest BCUT2D eigenvalue weighted by Gasteiger charge is -2.37. The van der Waals surface area contributed by atoms with Crippen LogP contribution in [0.25, 0.3) is 0 Å². The number of hydrogen-bond acceptors (Lipinski definition) is 3. The van der Waals surface area contributed by atoms with Gasteiger partial charge in [-0.15, -0.1) is 0 Å². The highest BCUT2D eigenvalue weighted by atomic mass is 19.1. The molecule has 6 heteroatoms. The quantitative estimate of drug-likeness (QED) is 0.897. The lowest BCUT2D eigenvalue weighted by Crippen LogP contribution is -2.50. The Morgan fingerprint density at radius 3 is 2.15 bits per heavy atom. The maximum Gasteiger partial charge on any atom is 0.227 e. The van der Waals surface area contributed by atoms with Crippen LogP contribution in [0.3, 0.4) is 0 Å². The molecule has 0 aromatic heterocycles. The number of hydrogen-bond donors (Lipinski definition) is 1. The van der Waals surface area contributed by atoms with Crippen LogP contribution in [-0.2, 0) is 9.59 Å². The highest BCUT2D eigenvalue weighted by Gasteiger charge is 2.33. The molecule has 142 valence electrons. The van der Waals surface area contributed by atoms with E-state index in [0.717, 1.165) is 58.4 Å². The molecule has 1 aliphatic carbocycles. The van der Waals surface area contributed by atoms with Crippen LogP contribution in [0, 0.1) is 17.7 Å². The van der Waals surface area contributed by atoms with Gasteiger partial charge in [0.1, 0.15) is 5.82 Å². The summed E-state index contributed by atoms with van der Waals surface area (Å²) in [4.78, 5) is 29.5. The second-order valence-electron chi connectivity index (χ2n) is 7.30. The summed E-state index contributed by atoms with van der Waals surface area (Å²) in [7, 11) is 0. The molecule has 1 aromatic rings. The normalized spacial score (nSPS) is 24.3. The van der Waals surface area contributed by atoms with E-state index in [-0.39, 0.29) is 29.5 Å². The Bertz CT molecular complexity index is 618. The first-order valence-electron chi connectivity index (χ1n) is 9.64. The van der Waals surface area contributed by atoms with Gasteiger partial charge in [0.25, 0.3) is 0 Å². The van der Waals surface area contributed by atoms with E-state index < -0.39 is 0 Å². The third-order valence-corrected chi connectivity index (χ3v) is 5.69. The maximum atomic E-state index is 12.9. The molecular weight excluding hydrogens is 333 g/mol. The minimum atomic E-state index is -0.318. The second kappa shape index (κ2) is 8.62. The van der Waals surface area contributed by atoms with Crippen molar-refractivity contribution in [1.82, 2.24) is 9.80 Å². The molecule has 2 fully saturated rings. The first-order valence-corrected chi connectivity index (χ1v) is 9.64. The van der Waals surface area contributed by atoms with Gasteiger partial charge in [-0.1, -0.05) is 6.92 Å². The number of halogens is 1. The summed E-state index contributed by atoms with van der Waals surface area (Å²) < 4.78 is 12.9. The van der Waals surface area contributed by atoms with Crippen molar-refractivity contribution in [3.05, 3.63) is 30.1 Å². The lowest BCUT2D eigenvalue weighted by atomic mass is 9.80. The molecule has 1 heterocycles. The minimum absolute atomic E-state index is 0.0286. The van der Waals surface area contributed by atoms with Gasteiger partial charge in [0.2, 0.25) is 11.8 Å². The number of rotatable bonds is 4. The van der Waals surface area contributed by atoms with Gasteiger partial charge in [0, 0.05) is 43.7 Å². The van der Waals surface area contributed by atoms with Gasteiger partial charge in [-0.2, -0.15) is 0 Å². The molecule has 2 amide bonds. The Morgan fingerprint density at radius 2 is 1.58 bits per heavy atom. The molecule has 0 atom stereocenters. The lowest BCUT2D eigenvalue weighted by molar-refractivity contribution is -0.139. The standard InChI is InChI=1S/C20H28FN3O2/c1-2-23-11-13-24(14-12-23)20(26)16-5-3-15(4-6-16)19(25)22-18-9-7-17(21)8-10-18/h7-10,15-16H,2-6,11-14H2,1H3,(H,22,25). The number of likely N-dealkylation sites (N-methyl/N-ethyl adjacent to an activating group) is 1. The maximum absolute atomic E-state index is 12.9. The third kappa shape index (κ3) is 4.61. The van der Waals surface area contributed by atoms with Crippen molar-refractivity contribution in [2.24, 2.45) is 11.8 Å². The van der Waals surface area contributed by atoms with E-state index in [1.54, 1.807) is 12.1 Å². The zero-order valence-corrected chi connectivity index (χ0v) is 15.4. The van der Waals surface area contributed by atoms with Crippen molar-refractivity contribution in [1.29, 1.82) is 0 Å². The van der Waals surface area contributed by atoms with E-state index >= 15 is 0 Å². The molecule has 2 aliphatic rings. The third-order valence-electron chi connectivity index (χ3n) is 5.69. The molecule has 0 spiro atoms. The number of piperazine rings is 1. The Balaban J connectivity index is 1.45. The first kappa shape index (κ1) is 18.8. The van der Waals surface area contributed by atoms with Gasteiger partial charge >= 0.3 is 0 Å². The van der Waals surface area contributed by atoms with Crippen molar-refractivity contribution >= 4 is 17.5 Å². The number of carbonyl (C=O) groups excluding carboxylic acids is 2. The molecule has 0 unspecified atom stereocenters. The zero-order chi connectivity index (χ0) is 18.5. The minimum Gasteiger partial charge on any atom is -0.340 e. The van der Waals surface area contributed by atoms with E-state index in [2.05, 4.69) is 17.1 Å². The molecule has 0 bridgehead atoms. The molecule has 1 saturated heterocycles. The SMILES string of the molecule is CCN1CCN(C(=O)C2CCC(C(=O)Nc3ccc(F)cc3)CC2)CC1. The van der Waals surface area contributed by atoms with Gasteiger partial charge < -0.3 is 15.1 Å². The smallest absolute Gasteiger partial charge is 0.227 e. The number of nitrogens with zero attached hydrogens (tertiary/aromatic N) is 2. The van der Waals surface area contributed by atoms with Crippen molar-refractivity contribution in [3.63, 3.8) is 0 Å². The Hall–Kier alpha value is -1.95. The zero-order valence-electron chi connectivity index (χ0n) is 15.4. The number of amides is 2. The monoisotopic (exact) mass is 361 g/mol. The fourth-order valence-corrected chi connectivity index (χ4v) is 3.92. The average molecular weight is 361 g/mol. The molecule has 0 radical (unpaired) electrons. The van der Waals surface area contributed by atoms with Gasteiger partial charge in [0.05, 0.1) is 0 Å². The topological polar surface area (TPSA) is 52.7 Å². The summed E-state index contributed by atoms with van der Waals surface area (Å²) in [6.45, 7) is 6.73. The summed E-state index contributed by atoms with van der Waals surface area (Å²) in [6.07, 6.45) is 3.01. The van der Waals surface area contributed by atoms with Crippen LogP contribution in [0.5, 0.6) is 0 Å². The van der Waals surface area contributed by atoms with Crippen LogP contribution in [-0.4, -0.2) is 54.3 Å². The number of carbonyl (C=O) groups is 2. The predicted molar refractivity (Wildman–Crippen MR) is 99.2 cm³/mol. The first-order chi connectivity index (χ1) is 12.6. The van der Waals surface area contributed by atoms with Crippen LogP contribution >= 0.6 is 0 Å². The summed E-state index contributed by atoms with van der Waals surface area (Å²) >= 11 is 0. The Labute approximate surface area is 154 Å². The van der Waals surface area contributed by atoms with E-state index in [0.29, 0.717) is 5.69 Å². The van der Waals surface area contributed by atoms with Crippen LogP contribution in [0.2, 0.25) is 0 Å². The molecule has 1 N–H and O–H groups in total. The number of nitrogens with one attached hydrogen (secondary N) is 1. The van der Waals surface area contributed by atoms with Crippen LogP contribution in [0.1, 0.15) is 32.6 Å². The van der Waals surface area contributed by atoms with E-state index in [4.69, 9.17) is 0 Å². The van der Waals surface area contributed by atoms with Gasteiger partial charge in [-0.25, -0.2) is 4.39 Å². The highest BCUT2D eigenvalue weighted by Crippen LogP contribution is 2.31. The largest absolute Gasteiger partial charge is 0.340 e. The van der Waals surface area contributed by atoms with Crippen LogP contribution in [0.4, 0.5) is 10.1 Å². The van der Waals surface area contributed by atoms with Gasteiger partial charge in [-0.05, 0) is 56.5 Å². The van der Waals surface area contributed by atoms with Crippen molar-refractivity contribution in [2.75, 3.05) is 38.0 Å². The fraction of sp³-hybridized carbons (Fsp3) is 0.600. The van der Waals surface area contributed by atoms with Gasteiger partial charge in [0.15, 0.2) is 0 Å². The molecule has 1 saturated carbocycles. The van der Waals surface area contributed by atoms with Crippen LogP contribution < -0.4 is 5.32 Å². The number of benzene rings is 1. The van der Waals surface area contributed by atoms with E-state index in [1.807, 2.05) is 4.90 Å². The summed E-state index contributed by atoms with van der Waals surface area (Å²) in [5.41, 5.74) is 0.614. The summed E-state index contributed by atoms with van der Waals surface area (Å²) in [6, 6.07) is 5.81. The second-order valence-corrected chi connectivity index (χ2v) is 7.30. The van der Waals surface area contributed by atoms with Crippen molar-refractivity contribution in [2.45, 2.75) is 32.6 Å². The number of anilines is 1. The molecule has 26 heavy (non-hydrogen) atoms. The summed E-state index contributed by atoms with van der Waals surface area (Å²) in [5, 5.41) is 2.85. The van der Waals surface area contributed by atoms with Crippen molar-refractivity contribution < 1.29 is 14.0 Å². The van der Waals surface area contributed by atoms with Gasteiger partial charge in [-0.3, -0.25) is 9.59 Å². The average Bonchev–Trinajstić information content (AvgIpc) is 2.69. The predicted octanol–water partition coefficient (Wildman–Crippen LogP) is 2.73. The molecule has 3 rings (SSSR count). The summed E-state index contributed by atoms with van der Waals surface area (Å²) in [5.74, 6) is -0.0990. The fourth-order valence-electron chi connectivity index (χ4n) is 3.92. The van der Waals surface area contributed by atoms with Crippen LogP contribution in [0.15, 0.2) is 24.3 Å². The van der Waals surface area contributed by atoms with E-state index in [1.165, 1.54) is 12.1 Å². The van der Waals surface area contributed by atoms with Crippen molar-refractivity contribution in [3.8, 4) is 0 Å². The van der Waals surface area contributed by atoms with E-state index in [9.17, 15) is 14.0 Å².